The summed E-state index contributed by atoms with van der Waals surface area (Å²) in [7, 11) is 0. The van der Waals surface area contributed by atoms with Crippen LogP contribution in [0, 0.1) is 0 Å². The fourth-order valence-electron chi connectivity index (χ4n) is 0.804. The quantitative estimate of drug-likeness (QED) is 0.794. The van der Waals surface area contributed by atoms with Gasteiger partial charge in [0, 0.05) is 5.33 Å². The summed E-state index contributed by atoms with van der Waals surface area (Å²) in [5, 5.41) is 10.2. The zero-order chi connectivity index (χ0) is 9.14. The van der Waals surface area contributed by atoms with Gasteiger partial charge in [0.1, 0.15) is 5.75 Å². The van der Waals surface area contributed by atoms with E-state index in [9.17, 15) is 0 Å². The van der Waals surface area contributed by atoms with E-state index in [1.807, 2.05) is 0 Å². The predicted molar refractivity (Wildman–Crippen MR) is 55.9 cm³/mol. The molecule has 0 heterocycles. The summed E-state index contributed by atoms with van der Waals surface area (Å²) in [5.74, 6) is 0.0998. The molecule has 0 unspecified atom stereocenters. The third-order valence-corrected chi connectivity index (χ3v) is 2.50. The van der Waals surface area contributed by atoms with Gasteiger partial charge in [-0.2, -0.15) is 0 Å². The highest BCUT2D eigenvalue weighted by Gasteiger charge is 2.01. The molecule has 0 aliphatic heterocycles. The monoisotopic (exact) mass is 246 g/mol. The first-order valence-corrected chi connectivity index (χ1v) is 4.87. The van der Waals surface area contributed by atoms with E-state index in [1.165, 1.54) is 0 Å². The number of hydrogen-bond donors (Lipinski definition) is 1. The second-order valence-corrected chi connectivity index (χ2v) is 3.37. The Bertz CT molecular complexity index is 309. The largest absolute Gasteiger partial charge is 0.506 e. The molecule has 0 aromatic heterocycles. The van der Waals surface area contributed by atoms with Gasteiger partial charge in [0.2, 0.25) is 0 Å². The summed E-state index contributed by atoms with van der Waals surface area (Å²) in [6, 6.07) is 5.04. The van der Waals surface area contributed by atoms with Crippen molar-refractivity contribution in [1.29, 1.82) is 0 Å². The van der Waals surface area contributed by atoms with E-state index in [0.717, 1.165) is 11.1 Å². The van der Waals surface area contributed by atoms with Crippen molar-refractivity contribution in [3.8, 4) is 5.75 Å². The van der Waals surface area contributed by atoms with Crippen LogP contribution >= 0.6 is 27.5 Å². The highest BCUT2D eigenvalue weighted by Crippen LogP contribution is 2.26. The van der Waals surface area contributed by atoms with Crippen molar-refractivity contribution in [3.63, 3.8) is 0 Å². The SMILES string of the molecule is C=C(CBr)c1ccc(O)c(Cl)c1. The van der Waals surface area contributed by atoms with Gasteiger partial charge in [-0.05, 0) is 23.3 Å². The fraction of sp³-hybridized carbons (Fsp3) is 0.111. The highest BCUT2D eigenvalue weighted by atomic mass is 79.9. The summed E-state index contributed by atoms with van der Waals surface area (Å²) < 4.78 is 0. The minimum Gasteiger partial charge on any atom is -0.506 e. The maximum Gasteiger partial charge on any atom is 0.134 e. The smallest absolute Gasteiger partial charge is 0.134 e. The summed E-state index contributed by atoms with van der Waals surface area (Å²) in [6.07, 6.45) is 0. The number of allylic oxidation sites excluding steroid dienone is 1. The number of benzene rings is 1. The molecule has 1 nitrogen and oxygen atoms in total. The van der Waals surface area contributed by atoms with Crippen molar-refractivity contribution in [2.45, 2.75) is 0 Å². The Morgan fingerprint density at radius 3 is 2.75 bits per heavy atom. The Balaban J connectivity index is 3.05. The first-order valence-electron chi connectivity index (χ1n) is 3.37. The number of halogens is 2. The number of aromatic hydroxyl groups is 1. The maximum absolute atomic E-state index is 9.12. The highest BCUT2D eigenvalue weighted by molar-refractivity contribution is 9.09. The molecule has 1 aromatic rings. The lowest BCUT2D eigenvalue weighted by Crippen LogP contribution is -1.82. The second-order valence-electron chi connectivity index (χ2n) is 2.40. The average molecular weight is 248 g/mol. The maximum atomic E-state index is 9.12. The van der Waals surface area contributed by atoms with Gasteiger partial charge in [0.05, 0.1) is 5.02 Å². The summed E-state index contributed by atoms with van der Waals surface area (Å²) in [6.45, 7) is 3.83. The molecule has 1 N–H and O–H groups in total. The molecule has 64 valence electrons. The lowest BCUT2D eigenvalue weighted by atomic mass is 10.1. The number of alkyl halides is 1. The molecule has 0 saturated carbocycles. The molecule has 0 saturated heterocycles. The van der Waals surface area contributed by atoms with Crippen molar-refractivity contribution in [3.05, 3.63) is 35.4 Å². The molecule has 0 amide bonds. The summed E-state index contributed by atoms with van der Waals surface area (Å²) in [4.78, 5) is 0. The van der Waals surface area contributed by atoms with Gasteiger partial charge in [0.15, 0.2) is 0 Å². The van der Waals surface area contributed by atoms with E-state index in [1.54, 1.807) is 18.2 Å². The summed E-state index contributed by atoms with van der Waals surface area (Å²) >= 11 is 9.00. The van der Waals surface area contributed by atoms with Crippen LogP contribution in [0.1, 0.15) is 5.56 Å². The lowest BCUT2D eigenvalue weighted by Gasteiger charge is -2.03. The molecule has 0 bridgehead atoms. The Morgan fingerprint density at radius 2 is 2.25 bits per heavy atom. The molecule has 0 aliphatic carbocycles. The minimum atomic E-state index is 0.0998. The van der Waals surface area contributed by atoms with E-state index in [2.05, 4.69) is 22.5 Å². The number of hydrogen-bond acceptors (Lipinski definition) is 1. The van der Waals surface area contributed by atoms with Crippen LogP contribution in [0.5, 0.6) is 5.75 Å². The van der Waals surface area contributed by atoms with Crippen molar-refractivity contribution < 1.29 is 5.11 Å². The average Bonchev–Trinajstić information content (AvgIpc) is 2.08. The number of rotatable bonds is 2. The zero-order valence-corrected chi connectivity index (χ0v) is 8.69. The van der Waals surface area contributed by atoms with Crippen LogP contribution in [-0.2, 0) is 0 Å². The molecule has 0 radical (unpaired) electrons. The first-order chi connectivity index (χ1) is 5.65. The van der Waals surface area contributed by atoms with Gasteiger partial charge in [-0.15, -0.1) is 0 Å². The van der Waals surface area contributed by atoms with Crippen molar-refractivity contribution in [2.24, 2.45) is 0 Å². The van der Waals surface area contributed by atoms with Crippen molar-refractivity contribution in [2.75, 3.05) is 5.33 Å². The predicted octanol–water partition coefficient (Wildman–Crippen LogP) is 3.45. The van der Waals surface area contributed by atoms with Crippen LogP contribution in [0.25, 0.3) is 5.57 Å². The molecule has 0 atom stereocenters. The second kappa shape index (κ2) is 3.97. The third-order valence-electron chi connectivity index (χ3n) is 1.52. The summed E-state index contributed by atoms with van der Waals surface area (Å²) in [5.41, 5.74) is 1.88. The van der Waals surface area contributed by atoms with E-state index >= 15 is 0 Å². The van der Waals surface area contributed by atoms with Crippen LogP contribution < -0.4 is 0 Å². The van der Waals surface area contributed by atoms with Gasteiger partial charge < -0.3 is 5.11 Å². The van der Waals surface area contributed by atoms with Gasteiger partial charge in [-0.3, -0.25) is 0 Å². The van der Waals surface area contributed by atoms with Crippen LogP contribution in [0.15, 0.2) is 24.8 Å². The Morgan fingerprint density at radius 1 is 1.58 bits per heavy atom. The minimum absolute atomic E-state index is 0.0998. The van der Waals surface area contributed by atoms with Crippen molar-refractivity contribution in [1.82, 2.24) is 0 Å². The van der Waals surface area contributed by atoms with Crippen LogP contribution in [-0.4, -0.2) is 10.4 Å². The van der Waals surface area contributed by atoms with E-state index in [0.29, 0.717) is 10.4 Å². The van der Waals surface area contributed by atoms with Gasteiger partial charge in [-0.25, -0.2) is 0 Å². The van der Waals surface area contributed by atoms with Crippen LogP contribution in [0.4, 0.5) is 0 Å². The van der Waals surface area contributed by atoms with Crippen LogP contribution in [0.3, 0.4) is 0 Å². The molecular formula is C9H8BrClO. The molecule has 0 spiro atoms. The van der Waals surface area contributed by atoms with Crippen molar-refractivity contribution >= 4 is 33.1 Å². The standard InChI is InChI=1S/C9H8BrClO/c1-6(5-10)7-2-3-9(12)8(11)4-7/h2-4,12H,1,5H2. The fourth-order valence-corrected chi connectivity index (χ4v) is 1.31. The lowest BCUT2D eigenvalue weighted by molar-refractivity contribution is 0.475. The van der Waals surface area contributed by atoms with E-state index < -0.39 is 0 Å². The van der Waals surface area contributed by atoms with E-state index in [-0.39, 0.29) is 5.75 Å². The number of phenolic OH excluding ortho intramolecular Hbond substituents is 1. The van der Waals surface area contributed by atoms with Gasteiger partial charge >= 0.3 is 0 Å². The number of phenols is 1. The Hall–Kier alpha value is -0.470. The van der Waals surface area contributed by atoms with E-state index in [4.69, 9.17) is 16.7 Å². The Labute approximate surface area is 84.8 Å². The zero-order valence-electron chi connectivity index (χ0n) is 6.35. The van der Waals surface area contributed by atoms with Gasteiger partial charge in [-0.1, -0.05) is 40.2 Å². The molecular weight excluding hydrogens is 239 g/mol. The molecule has 0 aliphatic rings. The Kier molecular flexibility index (Phi) is 3.18. The first kappa shape index (κ1) is 9.62. The molecule has 12 heavy (non-hydrogen) atoms. The third kappa shape index (κ3) is 2.02. The van der Waals surface area contributed by atoms with Gasteiger partial charge in [0.25, 0.3) is 0 Å². The van der Waals surface area contributed by atoms with Crippen LogP contribution in [0.2, 0.25) is 5.02 Å². The molecule has 3 heteroatoms. The topological polar surface area (TPSA) is 20.2 Å². The molecule has 0 fully saturated rings. The molecule has 1 aromatic carbocycles. The normalized spacial score (nSPS) is 9.83. The molecule has 1 rings (SSSR count).